The van der Waals surface area contributed by atoms with Gasteiger partial charge < -0.3 is 0 Å². The molecule has 2 aromatic carbocycles. The first kappa shape index (κ1) is 18.2. The van der Waals surface area contributed by atoms with Crippen molar-refractivity contribution in [2.24, 2.45) is 17.3 Å². The summed E-state index contributed by atoms with van der Waals surface area (Å²) in [5.74, 6) is 1.09. The van der Waals surface area contributed by atoms with E-state index >= 15 is 0 Å². The lowest BCUT2D eigenvalue weighted by atomic mass is 9.49. The van der Waals surface area contributed by atoms with Gasteiger partial charge in [0, 0.05) is 4.32 Å². The van der Waals surface area contributed by atoms with Gasteiger partial charge in [-0.1, -0.05) is 58.4 Å². The average molecular weight is 441 g/mol. The summed E-state index contributed by atoms with van der Waals surface area (Å²) in [6.45, 7) is 0. The number of hydrogen-bond donors (Lipinski definition) is 2. The highest BCUT2D eigenvalue weighted by atomic mass is 79.9. The number of amides is 2. The predicted molar refractivity (Wildman–Crippen MR) is 113 cm³/mol. The Bertz CT molecular complexity index is 937. The Morgan fingerprint density at radius 1 is 0.964 bits per heavy atom. The monoisotopic (exact) mass is 440 g/mol. The van der Waals surface area contributed by atoms with Crippen LogP contribution in [0.15, 0.2) is 42.5 Å². The molecule has 2 amide bonds. The molecule has 2 N–H and O–H groups in total. The molecule has 5 heteroatoms. The number of carbonyl (C=O) groups excluding carboxylic acids is 2. The zero-order valence-electron chi connectivity index (χ0n) is 15.8. The van der Waals surface area contributed by atoms with E-state index in [0.717, 1.165) is 35.6 Å². The highest BCUT2D eigenvalue weighted by molar-refractivity contribution is 9.10. The second-order valence-corrected chi connectivity index (χ2v) is 10.9. The number of hydrazine groups is 1. The van der Waals surface area contributed by atoms with Crippen LogP contribution < -0.4 is 10.9 Å². The standard InChI is InChI=1S/C23H25BrN2O2/c24-23-12-15-8-16(13-23)11-22(10-15,14-23)21(28)26-25-20(27)9-18-6-3-5-17-4-1-2-7-19(17)18/h1-7,15-16H,8-14H2,(H,25,27)(H,26,28). The topological polar surface area (TPSA) is 58.2 Å². The molecule has 4 aliphatic rings. The number of nitrogens with one attached hydrogen (secondary N) is 2. The van der Waals surface area contributed by atoms with Gasteiger partial charge in [0.2, 0.25) is 11.8 Å². The van der Waals surface area contributed by atoms with Gasteiger partial charge in [0.15, 0.2) is 0 Å². The van der Waals surface area contributed by atoms with Crippen LogP contribution in [0.2, 0.25) is 0 Å². The van der Waals surface area contributed by atoms with Crippen molar-refractivity contribution in [1.29, 1.82) is 0 Å². The Labute approximate surface area is 173 Å². The van der Waals surface area contributed by atoms with Gasteiger partial charge in [-0.05, 0) is 66.7 Å². The van der Waals surface area contributed by atoms with E-state index in [1.165, 1.54) is 19.3 Å². The molecule has 0 aromatic heterocycles. The van der Waals surface area contributed by atoms with Gasteiger partial charge in [0.05, 0.1) is 11.8 Å². The first-order valence-corrected chi connectivity index (χ1v) is 11.0. The van der Waals surface area contributed by atoms with Gasteiger partial charge in [-0.25, -0.2) is 0 Å². The highest BCUT2D eigenvalue weighted by Gasteiger charge is 2.59. The quantitative estimate of drug-likeness (QED) is 0.553. The molecule has 28 heavy (non-hydrogen) atoms. The predicted octanol–water partition coefficient (Wildman–Crippen LogP) is 4.26. The molecule has 4 fully saturated rings. The van der Waals surface area contributed by atoms with Crippen LogP contribution >= 0.6 is 15.9 Å². The number of alkyl halides is 1. The third kappa shape index (κ3) is 3.14. The van der Waals surface area contributed by atoms with Gasteiger partial charge in [-0.2, -0.15) is 0 Å². The number of benzene rings is 2. The van der Waals surface area contributed by atoms with Crippen LogP contribution in [0.1, 0.15) is 44.1 Å². The summed E-state index contributed by atoms with van der Waals surface area (Å²) in [4.78, 5) is 25.6. The number of hydrogen-bond acceptors (Lipinski definition) is 2. The molecule has 0 spiro atoms. The van der Waals surface area contributed by atoms with E-state index in [-0.39, 0.29) is 28.0 Å². The van der Waals surface area contributed by atoms with Crippen molar-refractivity contribution in [3.8, 4) is 0 Å². The van der Waals surface area contributed by atoms with Crippen LogP contribution in [0, 0.1) is 17.3 Å². The van der Waals surface area contributed by atoms with Gasteiger partial charge in [-0.15, -0.1) is 0 Å². The Morgan fingerprint density at radius 3 is 2.43 bits per heavy atom. The Morgan fingerprint density at radius 2 is 1.68 bits per heavy atom. The Hall–Kier alpha value is -1.88. The van der Waals surface area contributed by atoms with Gasteiger partial charge in [0.25, 0.3) is 0 Å². The van der Waals surface area contributed by atoms with Crippen LogP contribution in [0.3, 0.4) is 0 Å². The molecular formula is C23H25BrN2O2. The van der Waals surface area contributed by atoms with E-state index in [4.69, 9.17) is 0 Å². The maximum absolute atomic E-state index is 13.1. The molecule has 0 radical (unpaired) electrons. The van der Waals surface area contributed by atoms with E-state index in [1.807, 2.05) is 42.5 Å². The fraction of sp³-hybridized carbons (Fsp3) is 0.478. The number of rotatable bonds is 3. The second kappa shape index (κ2) is 6.58. The fourth-order valence-electron chi connectivity index (χ4n) is 6.34. The minimum Gasteiger partial charge on any atom is -0.273 e. The summed E-state index contributed by atoms with van der Waals surface area (Å²) in [6.07, 6.45) is 6.69. The molecule has 2 aromatic rings. The molecule has 146 valence electrons. The van der Waals surface area contributed by atoms with E-state index < -0.39 is 0 Å². The highest BCUT2D eigenvalue weighted by Crippen LogP contribution is 2.64. The molecule has 2 atom stereocenters. The van der Waals surface area contributed by atoms with Crippen molar-refractivity contribution in [2.75, 3.05) is 0 Å². The SMILES string of the molecule is O=C(Cc1cccc2ccccc12)NNC(=O)C12CC3CC(CC(Br)(C3)C1)C2. The third-order valence-corrected chi connectivity index (χ3v) is 7.95. The normalized spacial score (nSPS) is 33.0. The van der Waals surface area contributed by atoms with Gasteiger partial charge in [-0.3, -0.25) is 20.4 Å². The molecule has 2 unspecified atom stereocenters. The molecule has 4 aliphatic carbocycles. The summed E-state index contributed by atoms with van der Waals surface area (Å²) in [5, 5.41) is 2.20. The number of fused-ring (bicyclic) bond motifs is 1. The van der Waals surface area contributed by atoms with Crippen LogP contribution in [0.5, 0.6) is 0 Å². The molecule has 6 rings (SSSR count). The van der Waals surface area contributed by atoms with Gasteiger partial charge in [0.1, 0.15) is 0 Å². The summed E-state index contributed by atoms with van der Waals surface area (Å²) in [6, 6.07) is 14.0. The zero-order chi connectivity index (χ0) is 19.4. The summed E-state index contributed by atoms with van der Waals surface area (Å²) < 4.78 is 0.126. The average Bonchev–Trinajstić information content (AvgIpc) is 2.64. The summed E-state index contributed by atoms with van der Waals surface area (Å²) >= 11 is 3.94. The van der Waals surface area contributed by atoms with Crippen LogP contribution in [-0.2, 0) is 16.0 Å². The Balaban J connectivity index is 1.25. The van der Waals surface area contributed by atoms with Gasteiger partial charge >= 0.3 is 0 Å². The lowest BCUT2D eigenvalue weighted by molar-refractivity contribution is -0.146. The van der Waals surface area contributed by atoms with Crippen molar-refractivity contribution in [3.05, 3.63) is 48.0 Å². The van der Waals surface area contributed by atoms with E-state index in [1.54, 1.807) is 0 Å². The third-order valence-electron chi connectivity index (χ3n) is 7.02. The Kier molecular flexibility index (Phi) is 4.27. The number of halogens is 1. The van der Waals surface area contributed by atoms with E-state index in [2.05, 4.69) is 26.8 Å². The smallest absolute Gasteiger partial charge is 0.244 e. The molecule has 0 aliphatic heterocycles. The lowest BCUT2D eigenvalue weighted by Gasteiger charge is -2.59. The molecule has 4 nitrogen and oxygen atoms in total. The number of carbonyl (C=O) groups is 2. The van der Waals surface area contributed by atoms with E-state index in [9.17, 15) is 9.59 Å². The zero-order valence-corrected chi connectivity index (χ0v) is 17.4. The second-order valence-electron chi connectivity index (χ2n) is 9.21. The lowest BCUT2D eigenvalue weighted by Crippen LogP contribution is -2.60. The van der Waals surface area contributed by atoms with Crippen molar-refractivity contribution >= 4 is 38.5 Å². The van der Waals surface area contributed by atoms with Crippen molar-refractivity contribution < 1.29 is 9.59 Å². The van der Waals surface area contributed by atoms with Crippen LogP contribution in [0.25, 0.3) is 10.8 Å². The fourth-order valence-corrected chi connectivity index (χ4v) is 7.79. The molecule has 0 heterocycles. The maximum atomic E-state index is 13.1. The minimum atomic E-state index is -0.319. The largest absolute Gasteiger partial charge is 0.273 e. The molecule has 4 saturated carbocycles. The van der Waals surface area contributed by atoms with Crippen molar-refractivity contribution in [2.45, 2.75) is 49.3 Å². The minimum absolute atomic E-state index is 0.00306. The molecule has 0 saturated heterocycles. The van der Waals surface area contributed by atoms with Crippen molar-refractivity contribution in [1.82, 2.24) is 10.9 Å². The molecular weight excluding hydrogens is 416 g/mol. The molecule has 4 bridgehead atoms. The first-order chi connectivity index (χ1) is 13.4. The summed E-state index contributed by atoms with van der Waals surface area (Å²) in [5.41, 5.74) is 6.10. The van der Waals surface area contributed by atoms with E-state index in [0.29, 0.717) is 11.8 Å². The van der Waals surface area contributed by atoms with Crippen molar-refractivity contribution in [3.63, 3.8) is 0 Å². The first-order valence-electron chi connectivity index (χ1n) is 10.2. The van der Waals surface area contributed by atoms with Crippen LogP contribution in [0.4, 0.5) is 0 Å². The summed E-state index contributed by atoms with van der Waals surface area (Å²) in [7, 11) is 0. The maximum Gasteiger partial charge on any atom is 0.244 e. The van der Waals surface area contributed by atoms with Crippen LogP contribution in [-0.4, -0.2) is 16.1 Å².